The van der Waals surface area contributed by atoms with Crippen LogP contribution in [0, 0.1) is 0 Å². The normalized spacial score (nSPS) is 13.3. The molecule has 11 heavy (non-hydrogen) atoms. The molecular formula is C3F6O2. The summed E-state index contributed by atoms with van der Waals surface area (Å²) < 4.78 is 68.2. The van der Waals surface area contributed by atoms with E-state index >= 15 is 0 Å². The molecule has 0 saturated carbocycles. The van der Waals surface area contributed by atoms with E-state index in [4.69, 9.17) is 4.79 Å². The van der Waals surface area contributed by atoms with Crippen LogP contribution in [-0.2, 0) is 9.53 Å². The number of rotatable bonds is 2. The topological polar surface area (TPSA) is 26.3 Å². The molecule has 0 fully saturated rings. The average molecular weight is 182 g/mol. The largest absolute Gasteiger partial charge is 0.527 e. The minimum absolute atomic E-state index is 1.83. The third-order valence-electron chi connectivity index (χ3n) is 0.473. The quantitative estimate of drug-likeness (QED) is 0.479. The van der Waals surface area contributed by atoms with E-state index in [0.29, 0.717) is 0 Å². The fraction of sp³-hybridized carbons (Fsp3) is 0.667. The van der Waals surface area contributed by atoms with Crippen molar-refractivity contribution in [2.24, 2.45) is 0 Å². The molecule has 0 atom stereocenters. The van der Waals surface area contributed by atoms with Gasteiger partial charge in [0.15, 0.2) is 0 Å². The molecule has 0 N–H and O–H groups in total. The molecule has 0 heterocycles. The standard InChI is InChI=1S/C3F6O2/c4-1(10)2(5,6)11-3(7,8)9. The van der Waals surface area contributed by atoms with Gasteiger partial charge in [-0.05, 0) is 0 Å². The number of halogens is 6. The molecule has 0 rings (SSSR count). The summed E-state index contributed by atoms with van der Waals surface area (Å²) in [5, 5.41) is 0. The van der Waals surface area contributed by atoms with Gasteiger partial charge in [0.25, 0.3) is 0 Å². The lowest BCUT2D eigenvalue weighted by atomic mass is 10.7. The molecule has 2 nitrogen and oxygen atoms in total. The monoisotopic (exact) mass is 182 g/mol. The van der Waals surface area contributed by atoms with Crippen LogP contribution in [0.1, 0.15) is 0 Å². The SMILES string of the molecule is O=C(F)C(F)(F)OC(F)(F)F. The molecule has 0 unspecified atom stereocenters. The first-order valence-corrected chi connectivity index (χ1v) is 2.00. The van der Waals surface area contributed by atoms with Crippen LogP contribution in [0.25, 0.3) is 0 Å². The highest BCUT2D eigenvalue weighted by atomic mass is 19.4. The van der Waals surface area contributed by atoms with Crippen molar-refractivity contribution in [2.75, 3.05) is 0 Å². The average Bonchev–Trinajstić information content (AvgIpc) is 1.56. The van der Waals surface area contributed by atoms with Gasteiger partial charge in [-0.2, -0.15) is 13.2 Å². The number of ether oxygens (including phenoxy) is 1. The van der Waals surface area contributed by atoms with E-state index in [1.165, 1.54) is 0 Å². The summed E-state index contributed by atoms with van der Waals surface area (Å²) in [5.41, 5.74) is 0. The van der Waals surface area contributed by atoms with Crippen molar-refractivity contribution in [2.45, 2.75) is 12.5 Å². The maximum absolute atomic E-state index is 11.4. The van der Waals surface area contributed by atoms with Crippen LogP contribution < -0.4 is 0 Å². The summed E-state index contributed by atoms with van der Waals surface area (Å²) in [6, 6.07) is -3.49. The molecular weight excluding hydrogens is 182 g/mol. The van der Waals surface area contributed by atoms with E-state index in [2.05, 4.69) is 0 Å². The Morgan fingerprint density at radius 3 is 1.55 bits per heavy atom. The maximum Gasteiger partial charge on any atom is 0.527 e. The number of hydrogen-bond acceptors (Lipinski definition) is 2. The lowest BCUT2D eigenvalue weighted by Crippen LogP contribution is -2.35. The van der Waals surface area contributed by atoms with Gasteiger partial charge in [-0.1, -0.05) is 0 Å². The van der Waals surface area contributed by atoms with Crippen molar-refractivity contribution in [1.29, 1.82) is 0 Å². The second kappa shape index (κ2) is 2.68. The van der Waals surface area contributed by atoms with Crippen molar-refractivity contribution in [3.8, 4) is 0 Å². The summed E-state index contributed by atoms with van der Waals surface area (Å²) in [5.74, 6) is 0. The number of alkyl halides is 5. The zero-order valence-corrected chi connectivity index (χ0v) is 4.58. The molecule has 0 aliphatic heterocycles. The minimum Gasteiger partial charge on any atom is -0.251 e. The summed E-state index contributed by atoms with van der Waals surface area (Å²) in [6.07, 6.45) is -11.2. The summed E-state index contributed by atoms with van der Waals surface area (Å²) in [7, 11) is 0. The zero-order valence-electron chi connectivity index (χ0n) is 4.58. The summed E-state index contributed by atoms with van der Waals surface area (Å²) >= 11 is 0. The van der Waals surface area contributed by atoms with Crippen LogP contribution in [0.2, 0.25) is 0 Å². The van der Waals surface area contributed by atoms with Gasteiger partial charge in [-0.25, -0.2) is 4.74 Å². The highest BCUT2D eigenvalue weighted by molar-refractivity contribution is 5.74. The Bertz CT molecular complexity index is 160. The van der Waals surface area contributed by atoms with Crippen molar-refractivity contribution >= 4 is 6.04 Å². The molecule has 0 aromatic heterocycles. The van der Waals surface area contributed by atoms with Crippen LogP contribution >= 0.6 is 0 Å². The Morgan fingerprint density at radius 2 is 1.45 bits per heavy atom. The van der Waals surface area contributed by atoms with Crippen molar-refractivity contribution in [3.05, 3.63) is 0 Å². The Hall–Kier alpha value is -0.790. The van der Waals surface area contributed by atoms with Gasteiger partial charge in [-0.3, -0.25) is 4.79 Å². The lowest BCUT2D eigenvalue weighted by molar-refractivity contribution is -0.412. The van der Waals surface area contributed by atoms with Gasteiger partial charge in [0.1, 0.15) is 0 Å². The highest BCUT2D eigenvalue weighted by Gasteiger charge is 2.51. The fourth-order valence-electron chi connectivity index (χ4n) is 0.185. The number of carbonyl (C=O) groups is 1. The predicted molar refractivity (Wildman–Crippen MR) is 18.2 cm³/mol. The van der Waals surface area contributed by atoms with Crippen LogP contribution in [0.15, 0.2) is 0 Å². The Balaban J connectivity index is 4.25. The second-order valence-corrected chi connectivity index (χ2v) is 1.34. The Morgan fingerprint density at radius 1 is 1.09 bits per heavy atom. The first kappa shape index (κ1) is 10.2. The van der Waals surface area contributed by atoms with Crippen LogP contribution in [-0.4, -0.2) is 18.5 Å². The van der Waals surface area contributed by atoms with Gasteiger partial charge in [0.05, 0.1) is 0 Å². The van der Waals surface area contributed by atoms with E-state index in [0.717, 1.165) is 0 Å². The fourth-order valence-corrected chi connectivity index (χ4v) is 0.185. The van der Waals surface area contributed by atoms with Gasteiger partial charge < -0.3 is 0 Å². The smallest absolute Gasteiger partial charge is 0.251 e. The van der Waals surface area contributed by atoms with Gasteiger partial charge in [0, 0.05) is 0 Å². The van der Waals surface area contributed by atoms with Crippen molar-refractivity contribution < 1.29 is 35.9 Å². The first-order valence-electron chi connectivity index (χ1n) is 2.00. The lowest BCUT2D eigenvalue weighted by Gasteiger charge is -2.12. The third kappa shape index (κ3) is 3.81. The van der Waals surface area contributed by atoms with Crippen LogP contribution in [0.4, 0.5) is 26.3 Å². The van der Waals surface area contributed by atoms with Crippen molar-refractivity contribution in [1.82, 2.24) is 0 Å². The molecule has 0 radical (unpaired) electrons. The van der Waals surface area contributed by atoms with Crippen LogP contribution in [0.3, 0.4) is 0 Å². The van der Waals surface area contributed by atoms with Crippen LogP contribution in [0.5, 0.6) is 0 Å². The van der Waals surface area contributed by atoms with E-state index in [1.807, 2.05) is 4.74 Å². The number of hydrogen-bond donors (Lipinski definition) is 0. The molecule has 0 saturated heterocycles. The van der Waals surface area contributed by atoms with E-state index in [9.17, 15) is 26.3 Å². The molecule has 0 bridgehead atoms. The van der Waals surface area contributed by atoms with Gasteiger partial charge in [0.2, 0.25) is 0 Å². The molecule has 66 valence electrons. The summed E-state index contributed by atoms with van der Waals surface area (Å²) in [6.45, 7) is 0. The molecule has 0 aromatic carbocycles. The van der Waals surface area contributed by atoms with Gasteiger partial charge in [-0.15, -0.1) is 13.2 Å². The predicted octanol–water partition coefficient (Wildman–Crippen LogP) is 1.61. The van der Waals surface area contributed by atoms with Gasteiger partial charge >= 0.3 is 18.5 Å². The molecule has 0 spiro atoms. The molecule has 0 amide bonds. The Kier molecular flexibility index (Phi) is 2.49. The maximum atomic E-state index is 11.4. The Labute approximate surface area is 55.7 Å². The molecule has 0 aliphatic rings. The van der Waals surface area contributed by atoms with E-state index in [-0.39, 0.29) is 0 Å². The third-order valence-corrected chi connectivity index (χ3v) is 0.473. The minimum atomic E-state index is -5.74. The molecule has 0 aliphatic carbocycles. The molecule has 0 aromatic rings. The molecule has 8 heteroatoms. The van der Waals surface area contributed by atoms with Crippen molar-refractivity contribution in [3.63, 3.8) is 0 Å². The second-order valence-electron chi connectivity index (χ2n) is 1.34. The summed E-state index contributed by atoms with van der Waals surface area (Å²) in [4.78, 5) is 9.10. The zero-order chi connectivity index (χ0) is 9.28. The van der Waals surface area contributed by atoms with E-state index in [1.54, 1.807) is 0 Å². The van der Waals surface area contributed by atoms with E-state index < -0.39 is 18.5 Å². The number of carbonyl (C=O) groups excluding carboxylic acids is 1. The first-order chi connectivity index (χ1) is 4.65. The highest BCUT2D eigenvalue weighted by Crippen LogP contribution is 2.28.